The molecule has 4 amide bonds. The number of β-amino-alcohol motifs (C(OH)–C–C–N with tert-alkyl or cyclic N) is 1. The van der Waals surface area contributed by atoms with Gasteiger partial charge in [-0.3, -0.25) is 33.9 Å². The number of hydrogen-bond acceptors (Lipinski definition) is 12. The van der Waals surface area contributed by atoms with Gasteiger partial charge in [0.2, 0.25) is 23.6 Å². The molecule has 70 heavy (non-hydrogen) atoms. The van der Waals surface area contributed by atoms with Gasteiger partial charge in [-0.05, 0) is 72.5 Å². The molecule has 2 aromatic carbocycles. The summed E-state index contributed by atoms with van der Waals surface area (Å²) in [5, 5.41) is 20.8. The highest BCUT2D eigenvalue weighted by Crippen LogP contribution is 2.38. The van der Waals surface area contributed by atoms with Crippen molar-refractivity contribution < 1.29 is 33.8 Å². The molecular weight excluding hydrogens is 909 g/mol. The van der Waals surface area contributed by atoms with Crippen LogP contribution in [0.4, 0.5) is 0 Å². The third kappa shape index (κ3) is 13.8. The minimum Gasteiger partial charge on any atom is -0.496 e. The zero-order valence-corrected chi connectivity index (χ0v) is 42.7. The molecule has 1 saturated heterocycles. The minimum absolute atomic E-state index is 0.0218. The van der Waals surface area contributed by atoms with Crippen molar-refractivity contribution in [2.24, 2.45) is 12.5 Å². The van der Waals surface area contributed by atoms with E-state index in [1.54, 1.807) is 55.8 Å². The first-order chi connectivity index (χ1) is 33.5. The number of nitrogens with zero attached hydrogens (tertiary/aromatic N) is 5. The Morgan fingerprint density at radius 2 is 1.59 bits per heavy atom. The molecule has 16 nitrogen and oxygen atoms in total. The molecule has 3 atom stereocenters. The molecule has 0 spiro atoms. The summed E-state index contributed by atoms with van der Waals surface area (Å²) < 4.78 is 13.2. The monoisotopic (exact) mass is 979 g/mol. The first-order valence-corrected chi connectivity index (χ1v) is 25.1. The molecule has 1 fully saturated rings. The number of methoxy groups -OCH3 is 2. The summed E-state index contributed by atoms with van der Waals surface area (Å²) in [6, 6.07) is 11.9. The van der Waals surface area contributed by atoms with E-state index in [0.29, 0.717) is 36.4 Å². The maximum absolute atomic E-state index is 14.0. The number of aliphatic hydroxyl groups excluding tert-OH is 1. The fourth-order valence-corrected chi connectivity index (χ4v) is 9.81. The van der Waals surface area contributed by atoms with Gasteiger partial charge in [0.15, 0.2) is 0 Å². The number of carbonyl (C=O) groups is 4. The molecular formula is C53H70N8O8S. The third-order valence-electron chi connectivity index (χ3n) is 12.9. The molecule has 1 aliphatic heterocycles. The second-order valence-corrected chi connectivity index (χ2v) is 20.3. The van der Waals surface area contributed by atoms with E-state index in [9.17, 15) is 29.1 Å². The lowest BCUT2D eigenvalue weighted by Gasteiger charge is -2.35. The van der Waals surface area contributed by atoms with Gasteiger partial charge in [-0.2, -0.15) is 0 Å². The Bertz CT molecular complexity index is 2640. The average Bonchev–Trinajstić information content (AvgIpc) is 3.96. The van der Waals surface area contributed by atoms with Crippen LogP contribution in [-0.2, 0) is 39.3 Å². The van der Waals surface area contributed by atoms with Gasteiger partial charge in [0.05, 0.1) is 53.9 Å². The molecule has 3 aromatic heterocycles. The predicted molar refractivity (Wildman–Crippen MR) is 273 cm³/mol. The standard InChI is InChI=1S/C53H70N8O8S/c1-34-48(70-33-57-34)36-19-17-35(18-20-36)27-56-50(65)43-26-38(62)29-61(43)52(67)49(53(2,3)4)58-46(63)16-14-12-10-9-11-13-15-22-55-47(64)32-59(5)30-42-44(68-7)24-37(25-45(42)69-8)41-31-60(6)51(66)40-28-54-23-21-39(40)41/h17-21,23-25,28,31,33,38,43,49,62H,9-16,22,26-27,29-30,32H2,1-8H3,(H,55,64)(H,56,65)(H,58,63)/t38-,43+,49?/m1/s1. The number of fused-ring (bicyclic) bond motifs is 1. The number of aliphatic hydroxyl groups is 1. The number of likely N-dealkylation sites (N-methyl/N-ethyl adjacent to an activating group) is 1. The number of rotatable bonds is 23. The van der Waals surface area contributed by atoms with E-state index < -0.39 is 23.6 Å². The van der Waals surface area contributed by atoms with Crippen LogP contribution in [0, 0.1) is 12.3 Å². The number of amides is 4. The summed E-state index contributed by atoms with van der Waals surface area (Å²) in [4.78, 5) is 79.2. The molecule has 6 rings (SSSR count). The largest absolute Gasteiger partial charge is 0.496 e. The smallest absolute Gasteiger partial charge is 0.259 e. The van der Waals surface area contributed by atoms with Crippen molar-refractivity contribution in [3.05, 3.63) is 93.7 Å². The van der Waals surface area contributed by atoms with Crippen LogP contribution in [0.15, 0.2) is 71.4 Å². The lowest BCUT2D eigenvalue weighted by molar-refractivity contribution is -0.144. The Hall–Kier alpha value is -6.17. The number of nitrogens with one attached hydrogen (secondary N) is 3. The Kier molecular flexibility index (Phi) is 18.7. The first kappa shape index (κ1) is 53.2. The molecule has 1 aliphatic rings. The van der Waals surface area contributed by atoms with Gasteiger partial charge in [-0.1, -0.05) is 77.1 Å². The van der Waals surface area contributed by atoms with Crippen LogP contribution in [0.5, 0.6) is 11.5 Å². The zero-order valence-electron chi connectivity index (χ0n) is 41.9. The predicted octanol–water partition coefficient (Wildman–Crippen LogP) is 6.53. The molecule has 376 valence electrons. The summed E-state index contributed by atoms with van der Waals surface area (Å²) in [6.45, 7) is 9.10. The Balaban J connectivity index is 0.868. The summed E-state index contributed by atoms with van der Waals surface area (Å²) in [5.74, 6) is 0.213. The average molecular weight is 979 g/mol. The molecule has 0 bridgehead atoms. The third-order valence-corrected chi connectivity index (χ3v) is 13.8. The molecule has 5 aromatic rings. The van der Waals surface area contributed by atoms with Crippen LogP contribution in [0.1, 0.15) is 95.4 Å². The maximum Gasteiger partial charge on any atom is 0.259 e. The van der Waals surface area contributed by atoms with E-state index >= 15 is 0 Å². The van der Waals surface area contributed by atoms with E-state index in [-0.39, 0.29) is 61.7 Å². The van der Waals surface area contributed by atoms with Gasteiger partial charge in [-0.15, -0.1) is 11.3 Å². The highest BCUT2D eigenvalue weighted by atomic mass is 32.1. The first-order valence-electron chi connectivity index (χ1n) is 24.2. The van der Waals surface area contributed by atoms with Crippen LogP contribution < -0.4 is 31.0 Å². The number of aromatic nitrogens is 3. The molecule has 4 N–H and O–H groups in total. The second kappa shape index (κ2) is 24.6. The van der Waals surface area contributed by atoms with Crippen molar-refractivity contribution in [3.8, 4) is 33.1 Å². The number of aryl methyl sites for hydroxylation is 2. The van der Waals surface area contributed by atoms with Crippen molar-refractivity contribution in [3.63, 3.8) is 0 Å². The fourth-order valence-electron chi connectivity index (χ4n) is 9.00. The molecule has 0 aliphatic carbocycles. The van der Waals surface area contributed by atoms with Crippen molar-refractivity contribution in [1.82, 2.24) is 40.3 Å². The lowest BCUT2D eigenvalue weighted by Crippen LogP contribution is -2.57. The van der Waals surface area contributed by atoms with Crippen molar-refractivity contribution in [2.75, 3.05) is 40.9 Å². The van der Waals surface area contributed by atoms with Crippen LogP contribution in [0.25, 0.3) is 32.3 Å². The quantitative estimate of drug-likeness (QED) is 0.0520. The van der Waals surface area contributed by atoms with E-state index in [0.717, 1.165) is 82.3 Å². The molecule has 0 radical (unpaired) electrons. The lowest BCUT2D eigenvalue weighted by atomic mass is 9.85. The molecule has 0 saturated carbocycles. The van der Waals surface area contributed by atoms with Crippen LogP contribution in [-0.4, -0.2) is 112 Å². The van der Waals surface area contributed by atoms with Crippen molar-refractivity contribution in [1.29, 1.82) is 0 Å². The van der Waals surface area contributed by atoms with Crippen LogP contribution >= 0.6 is 11.3 Å². The topological polar surface area (TPSA) is 197 Å². The number of carbonyl (C=O) groups excluding carboxylic acids is 4. The number of benzene rings is 2. The number of ether oxygens (including phenoxy) is 2. The van der Waals surface area contributed by atoms with E-state index in [4.69, 9.17) is 9.47 Å². The Morgan fingerprint density at radius 1 is 0.914 bits per heavy atom. The van der Waals surface area contributed by atoms with E-state index in [1.807, 2.05) is 87.6 Å². The SMILES string of the molecule is COc1cc(-c2cn(C)c(=O)c3cnccc23)cc(OC)c1CN(C)CC(=O)NCCCCCCCCCC(=O)NC(C(=O)N1C[C@H](O)C[C@H]1C(=O)NCc1ccc(-c2scnc2C)cc1)C(C)(C)C. The van der Waals surface area contributed by atoms with Gasteiger partial charge in [0.25, 0.3) is 5.56 Å². The Labute approximate surface area is 415 Å². The number of unbranched alkanes of at least 4 members (excludes halogenated alkanes) is 6. The summed E-state index contributed by atoms with van der Waals surface area (Å²) >= 11 is 1.58. The van der Waals surface area contributed by atoms with Gasteiger partial charge < -0.3 is 40.0 Å². The number of hydrogen-bond donors (Lipinski definition) is 4. The number of likely N-dealkylation sites (tertiary alicyclic amines) is 1. The summed E-state index contributed by atoms with van der Waals surface area (Å²) in [6.07, 6.45) is 11.0. The number of pyridine rings is 2. The summed E-state index contributed by atoms with van der Waals surface area (Å²) in [5.41, 5.74) is 6.46. The molecule has 1 unspecified atom stereocenters. The van der Waals surface area contributed by atoms with E-state index in [1.165, 1.54) is 4.90 Å². The fraction of sp³-hybridized carbons (Fsp3) is 0.491. The van der Waals surface area contributed by atoms with Gasteiger partial charge in [0.1, 0.15) is 23.6 Å². The van der Waals surface area contributed by atoms with Gasteiger partial charge in [0, 0.05) is 70.2 Å². The highest BCUT2D eigenvalue weighted by Gasteiger charge is 2.44. The summed E-state index contributed by atoms with van der Waals surface area (Å²) in [7, 11) is 6.78. The van der Waals surface area contributed by atoms with Gasteiger partial charge >= 0.3 is 0 Å². The van der Waals surface area contributed by atoms with Crippen LogP contribution in [0.3, 0.4) is 0 Å². The highest BCUT2D eigenvalue weighted by molar-refractivity contribution is 7.13. The molecule has 17 heteroatoms. The normalized spacial score (nSPS) is 15.3. The minimum atomic E-state index is -0.866. The van der Waals surface area contributed by atoms with Gasteiger partial charge in [-0.25, -0.2) is 4.98 Å². The van der Waals surface area contributed by atoms with Crippen molar-refractivity contribution >= 4 is 45.7 Å². The van der Waals surface area contributed by atoms with Crippen molar-refractivity contribution in [2.45, 2.75) is 117 Å². The van der Waals surface area contributed by atoms with Crippen LogP contribution in [0.2, 0.25) is 0 Å². The van der Waals surface area contributed by atoms with E-state index in [2.05, 4.69) is 25.9 Å². The molecule has 4 heterocycles. The number of thiazole rings is 1. The zero-order chi connectivity index (χ0) is 50.5. The maximum atomic E-state index is 14.0. The Morgan fingerprint density at radius 3 is 2.23 bits per heavy atom. The second-order valence-electron chi connectivity index (χ2n) is 19.4.